The van der Waals surface area contributed by atoms with E-state index < -0.39 is 23.8 Å². The van der Waals surface area contributed by atoms with Gasteiger partial charge < -0.3 is 4.84 Å². The van der Waals surface area contributed by atoms with Gasteiger partial charge in [0.15, 0.2) is 0 Å². The molecule has 2 aliphatic heterocycles. The van der Waals surface area contributed by atoms with Crippen molar-refractivity contribution in [2.24, 2.45) is 11.1 Å². The van der Waals surface area contributed by atoms with Gasteiger partial charge in [-0.2, -0.15) is 5.06 Å². The van der Waals surface area contributed by atoms with E-state index in [-0.39, 0.29) is 5.06 Å². The van der Waals surface area contributed by atoms with Crippen LogP contribution in [-0.2, 0) is 14.4 Å². The van der Waals surface area contributed by atoms with Crippen LogP contribution in [0.25, 0.3) is 0 Å². The lowest BCUT2D eigenvalue weighted by molar-refractivity contribution is -0.174. The van der Waals surface area contributed by atoms with Crippen LogP contribution in [0.15, 0.2) is 35.5 Å². The third-order valence-corrected chi connectivity index (χ3v) is 2.86. The Morgan fingerprint density at radius 3 is 2.59 bits per heavy atom. The number of nitrogens with zero attached hydrogens (tertiary/aromatic N) is 2. The largest absolute Gasteiger partial charge is 0.381 e. The maximum atomic E-state index is 11.7. The molecule has 1 N–H and O–H groups in total. The molecule has 1 fully saturated rings. The average molecular weight is 232 g/mol. The summed E-state index contributed by atoms with van der Waals surface area (Å²) in [5.41, 5.74) is 1.09. The molecule has 0 aliphatic carbocycles. The van der Waals surface area contributed by atoms with Crippen molar-refractivity contribution < 1.29 is 19.6 Å². The Morgan fingerprint density at radius 1 is 1.18 bits per heavy atom. The molecule has 2 amide bonds. The first-order chi connectivity index (χ1) is 8.20. The molecule has 0 unspecified atom stereocenters. The quantitative estimate of drug-likeness (QED) is 0.552. The van der Waals surface area contributed by atoms with E-state index in [9.17, 15) is 14.8 Å². The number of benzene rings is 1. The van der Waals surface area contributed by atoms with Gasteiger partial charge in [-0.05, 0) is 0 Å². The van der Waals surface area contributed by atoms with Gasteiger partial charge in [-0.25, -0.2) is 0 Å². The van der Waals surface area contributed by atoms with E-state index in [1.165, 1.54) is 0 Å². The second-order valence-electron chi connectivity index (χ2n) is 3.83. The second kappa shape index (κ2) is 3.39. The van der Waals surface area contributed by atoms with Gasteiger partial charge in [0.25, 0.3) is 11.8 Å². The lowest BCUT2D eigenvalue weighted by atomic mass is 9.94. The van der Waals surface area contributed by atoms with Crippen LogP contribution in [0.1, 0.15) is 5.56 Å². The topological polar surface area (TPSA) is 79.2 Å². The fourth-order valence-corrected chi connectivity index (χ4v) is 2.01. The molecule has 3 rings (SSSR count). The van der Waals surface area contributed by atoms with E-state index in [1.807, 2.05) is 6.07 Å². The Labute approximate surface area is 96.0 Å². The average Bonchev–Trinajstić information content (AvgIpc) is 2.88. The molecule has 6 nitrogen and oxygen atoms in total. The fraction of sp³-hybridized carbons (Fsp3) is 0.182. The molecular weight excluding hydrogens is 224 g/mol. The minimum absolute atomic E-state index is 0.104. The molecule has 0 saturated carbocycles. The highest BCUT2D eigenvalue weighted by Crippen LogP contribution is 2.31. The predicted octanol–water partition coefficient (Wildman–Crippen LogP) is 0.164. The van der Waals surface area contributed by atoms with Crippen LogP contribution in [0.3, 0.4) is 0 Å². The van der Waals surface area contributed by atoms with Crippen molar-refractivity contribution in [3.05, 3.63) is 35.9 Å². The van der Waals surface area contributed by atoms with Gasteiger partial charge in [-0.15, -0.1) is 0 Å². The second-order valence-corrected chi connectivity index (χ2v) is 3.83. The maximum absolute atomic E-state index is 11.7. The van der Waals surface area contributed by atoms with E-state index in [0.717, 1.165) is 0 Å². The summed E-state index contributed by atoms with van der Waals surface area (Å²) in [5.74, 6) is -2.30. The summed E-state index contributed by atoms with van der Waals surface area (Å²) in [4.78, 5) is 28.0. The predicted molar refractivity (Wildman–Crippen MR) is 55.0 cm³/mol. The van der Waals surface area contributed by atoms with Gasteiger partial charge in [0.2, 0.25) is 6.10 Å². The Hall–Kier alpha value is -2.21. The lowest BCUT2D eigenvalue weighted by Crippen LogP contribution is -2.29. The third kappa shape index (κ3) is 1.27. The highest BCUT2D eigenvalue weighted by molar-refractivity contribution is 6.22. The number of carbonyl (C=O) groups excluding carboxylic acids is 2. The highest BCUT2D eigenvalue weighted by atomic mass is 16.7. The molecule has 0 bridgehead atoms. The molecule has 1 aromatic rings. The molecule has 2 heterocycles. The monoisotopic (exact) mass is 232 g/mol. The van der Waals surface area contributed by atoms with E-state index in [4.69, 9.17) is 4.84 Å². The molecule has 0 aromatic heterocycles. The Morgan fingerprint density at radius 2 is 1.88 bits per heavy atom. The van der Waals surface area contributed by atoms with Gasteiger partial charge in [-0.1, -0.05) is 35.5 Å². The van der Waals surface area contributed by atoms with Crippen LogP contribution in [0.4, 0.5) is 0 Å². The SMILES string of the molecule is O=C1[C@@H]2C(c3ccccc3)=NO[C@@H]2C(=O)N1O. The number of imide groups is 1. The molecule has 1 saturated heterocycles. The first-order valence-corrected chi connectivity index (χ1v) is 5.06. The van der Waals surface area contributed by atoms with Gasteiger partial charge in [-0.3, -0.25) is 14.8 Å². The molecule has 86 valence electrons. The van der Waals surface area contributed by atoms with Gasteiger partial charge in [0, 0.05) is 5.56 Å². The lowest BCUT2D eigenvalue weighted by Gasteiger charge is -2.06. The number of hydroxylamine groups is 2. The molecule has 6 heteroatoms. The zero-order valence-electron chi connectivity index (χ0n) is 8.61. The van der Waals surface area contributed by atoms with Crippen molar-refractivity contribution >= 4 is 17.5 Å². The first kappa shape index (κ1) is 9.98. The number of oxime groups is 1. The van der Waals surface area contributed by atoms with Crippen LogP contribution in [0.5, 0.6) is 0 Å². The van der Waals surface area contributed by atoms with Crippen molar-refractivity contribution in [2.75, 3.05) is 0 Å². The molecule has 2 atom stereocenters. The van der Waals surface area contributed by atoms with E-state index >= 15 is 0 Å². The fourth-order valence-electron chi connectivity index (χ4n) is 2.01. The zero-order chi connectivity index (χ0) is 12.0. The Bertz CT molecular complexity index is 526. The summed E-state index contributed by atoms with van der Waals surface area (Å²) in [7, 11) is 0. The van der Waals surface area contributed by atoms with Crippen molar-refractivity contribution in [3.63, 3.8) is 0 Å². The summed E-state index contributed by atoms with van der Waals surface area (Å²) in [5, 5.41) is 13.1. The Kier molecular flexibility index (Phi) is 1.99. The van der Waals surface area contributed by atoms with E-state index in [2.05, 4.69) is 5.16 Å². The summed E-state index contributed by atoms with van der Waals surface area (Å²) in [6.45, 7) is 0. The number of carbonyl (C=O) groups is 2. The number of hydrogen-bond donors (Lipinski definition) is 1. The molecule has 0 spiro atoms. The zero-order valence-corrected chi connectivity index (χ0v) is 8.61. The van der Waals surface area contributed by atoms with Crippen LogP contribution < -0.4 is 0 Å². The van der Waals surface area contributed by atoms with Crippen molar-refractivity contribution in [1.29, 1.82) is 0 Å². The van der Waals surface area contributed by atoms with Crippen LogP contribution >= 0.6 is 0 Å². The summed E-state index contributed by atoms with van der Waals surface area (Å²) in [6.07, 6.45) is -1.03. The Balaban J connectivity index is 2.01. The molecule has 0 radical (unpaired) electrons. The molecular formula is C11H8N2O4. The first-order valence-electron chi connectivity index (χ1n) is 5.06. The van der Waals surface area contributed by atoms with Gasteiger partial charge in [0.05, 0.1) is 0 Å². The summed E-state index contributed by atoms with van der Waals surface area (Å²) >= 11 is 0. The molecule has 17 heavy (non-hydrogen) atoms. The van der Waals surface area contributed by atoms with E-state index in [0.29, 0.717) is 11.3 Å². The van der Waals surface area contributed by atoms with Crippen molar-refractivity contribution in [3.8, 4) is 0 Å². The number of hydrogen-bond acceptors (Lipinski definition) is 5. The standard InChI is InChI=1S/C11H8N2O4/c14-10-7-8(6-4-2-1-3-5-6)12-17-9(7)11(15)13(10)16/h1-5,7,9,16H/t7-,9+/m1/s1. The van der Waals surface area contributed by atoms with Crippen LogP contribution in [0, 0.1) is 5.92 Å². The number of fused-ring (bicyclic) bond motifs is 1. The van der Waals surface area contributed by atoms with Crippen molar-refractivity contribution in [2.45, 2.75) is 6.10 Å². The van der Waals surface area contributed by atoms with Crippen LogP contribution in [-0.4, -0.2) is 33.9 Å². The highest BCUT2D eigenvalue weighted by Gasteiger charge is 2.55. The minimum Gasteiger partial charge on any atom is -0.381 e. The summed E-state index contributed by atoms with van der Waals surface area (Å²) in [6, 6.07) is 8.95. The molecule has 1 aromatic carbocycles. The maximum Gasteiger partial charge on any atom is 0.298 e. The smallest absolute Gasteiger partial charge is 0.298 e. The van der Waals surface area contributed by atoms with Gasteiger partial charge in [0.1, 0.15) is 11.6 Å². The summed E-state index contributed by atoms with van der Waals surface area (Å²) < 4.78 is 0. The minimum atomic E-state index is -1.03. The van der Waals surface area contributed by atoms with Crippen molar-refractivity contribution in [1.82, 2.24) is 5.06 Å². The number of rotatable bonds is 1. The number of amides is 2. The molecule has 2 aliphatic rings. The van der Waals surface area contributed by atoms with Gasteiger partial charge >= 0.3 is 0 Å². The van der Waals surface area contributed by atoms with E-state index in [1.54, 1.807) is 24.3 Å². The van der Waals surface area contributed by atoms with Crippen LogP contribution in [0.2, 0.25) is 0 Å². The third-order valence-electron chi connectivity index (χ3n) is 2.86. The normalized spacial score (nSPS) is 26.9.